The average molecular weight is 431 g/mol. The quantitative estimate of drug-likeness (QED) is 0.519. The first-order valence-electron chi connectivity index (χ1n) is 10.4. The molecule has 2 atom stereocenters. The van der Waals surface area contributed by atoms with Gasteiger partial charge in [-0.15, -0.1) is 0 Å². The standard InChI is InChI=1S/C24H31ClN2O3/c1-4-18(2)26-24(29)19(3)27(17-20-10-8-11-21(25)16-20)23(28)14-9-15-30-22-12-6-5-7-13-22/h5-8,10-13,16,18-19H,4,9,14-15,17H2,1-3H3,(H,26,29). The summed E-state index contributed by atoms with van der Waals surface area (Å²) >= 11 is 6.10. The van der Waals surface area contributed by atoms with E-state index < -0.39 is 6.04 Å². The Labute approximate surface area is 184 Å². The topological polar surface area (TPSA) is 58.6 Å². The molecule has 1 N–H and O–H groups in total. The maximum Gasteiger partial charge on any atom is 0.242 e. The Morgan fingerprint density at radius 1 is 1.10 bits per heavy atom. The van der Waals surface area contributed by atoms with E-state index in [9.17, 15) is 9.59 Å². The molecule has 2 unspecified atom stereocenters. The molecule has 0 fully saturated rings. The van der Waals surface area contributed by atoms with Crippen molar-refractivity contribution in [2.75, 3.05) is 6.61 Å². The Hall–Kier alpha value is -2.53. The second kappa shape index (κ2) is 12.2. The summed E-state index contributed by atoms with van der Waals surface area (Å²) in [4.78, 5) is 27.3. The van der Waals surface area contributed by atoms with Crippen molar-refractivity contribution in [2.24, 2.45) is 0 Å². The number of para-hydroxylation sites is 1. The van der Waals surface area contributed by atoms with Crippen LogP contribution < -0.4 is 10.1 Å². The molecule has 0 aromatic heterocycles. The summed E-state index contributed by atoms with van der Waals surface area (Å²) in [6.45, 7) is 6.49. The summed E-state index contributed by atoms with van der Waals surface area (Å²) < 4.78 is 5.68. The van der Waals surface area contributed by atoms with Crippen LogP contribution >= 0.6 is 11.6 Å². The van der Waals surface area contributed by atoms with Gasteiger partial charge in [0, 0.05) is 24.0 Å². The monoisotopic (exact) mass is 430 g/mol. The summed E-state index contributed by atoms with van der Waals surface area (Å²) in [5.74, 6) is 0.542. The SMILES string of the molecule is CCC(C)NC(=O)C(C)N(Cc1cccc(Cl)c1)C(=O)CCCOc1ccccc1. The molecular weight excluding hydrogens is 400 g/mol. The maximum absolute atomic E-state index is 13.0. The van der Waals surface area contributed by atoms with Crippen LogP contribution in [-0.4, -0.2) is 35.4 Å². The average Bonchev–Trinajstić information content (AvgIpc) is 2.75. The molecule has 0 saturated heterocycles. The number of nitrogens with zero attached hydrogens (tertiary/aromatic N) is 1. The van der Waals surface area contributed by atoms with Gasteiger partial charge in [-0.3, -0.25) is 9.59 Å². The van der Waals surface area contributed by atoms with Crippen molar-refractivity contribution in [2.45, 2.75) is 58.7 Å². The lowest BCUT2D eigenvalue weighted by molar-refractivity contribution is -0.141. The van der Waals surface area contributed by atoms with E-state index in [1.165, 1.54) is 0 Å². The molecule has 0 aliphatic heterocycles. The second-order valence-electron chi connectivity index (χ2n) is 7.41. The number of halogens is 1. The number of hydrogen-bond donors (Lipinski definition) is 1. The van der Waals surface area contributed by atoms with E-state index in [1.54, 1.807) is 17.9 Å². The van der Waals surface area contributed by atoms with E-state index in [0.717, 1.165) is 17.7 Å². The number of amides is 2. The highest BCUT2D eigenvalue weighted by molar-refractivity contribution is 6.30. The summed E-state index contributed by atoms with van der Waals surface area (Å²) in [5, 5.41) is 3.57. The van der Waals surface area contributed by atoms with Crippen LogP contribution in [0, 0.1) is 0 Å². The van der Waals surface area contributed by atoms with Crippen molar-refractivity contribution in [1.29, 1.82) is 0 Å². The predicted molar refractivity (Wildman–Crippen MR) is 121 cm³/mol. The van der Waals surface area contributed by atoms with Crippen LogP contribution in [0.25, 0.3) is 0 Å². The van der Waals surface area contributed by atoms with Crippen molar-refractivity contribution in [3.63, 3.8) is 0 Å². The van der Waals surface area contributed by atoms with Crippen molar-refractivity contribution >= 4 is 23.4 Å². The molecule has 2 aromatic carbocycles. The second-order valence-corrected chi connectivity index (χ2v) is 7.85. The molecule has 6 heteroatoms. The number of nitrogens with one attached hydrogen (secondary N) is 1. The molecule has 162 valence electrons. The molecule has 0 heterocycles. The number of carbonyl (C=O) groups excluding carboxylic acids is 2. The smallest absolute Gasteiger partial charge is 0.242 e. The van der Waals surface area contributed by atoms with Gasteiger partial charge in [0.1, 0.15) is 11.8 Å². The van der Waals surface area contributed by atoms with Gasteiger partial charge in [-0.25, -0.2) is 0 Å². The maximum atomic E-state index is 13.0. The van der Waals surface area contributed by atoms with Gasteiger partial charge in [0.2, 0.25) is 11.8 Å². The van der Waals surface area contributed by atoms with Crippen LogP contribution in [0.15, 0.2) is 54.6 Å². The Balaban J connectivity index is 2.01. The molecule has 0 saturated carbocycles. The zero-order valence-electron chi connectivity index (χ0n) is 17.9. The van der Waals surface area contributed by atoms with Crippen LogP contribution in [0.1, 0.15) is 45.6 Å². The zero-order chi connectivity index (χ0) is 21.9. The van der Waals surface area contributed by atoms with Crippen LogP contribution in [0.2, 0.25) is 5.02 Å². The largest absolute Gasteiger partial charge is 0.494 e. The van der Waals surface area contributed by atoms with Crippen molar-refractivity contribution < 1.29 is 14.3 Å². The van der Waals surface area contributed by atoms with Crippen molar-refractivity contribution in [3.8, 4) is 5.75 Å². The van der Waals surface area contributed by atoms with Gasteiger partial charge in [-0.1, -0.05) is 48.9 Å². The Morgan fingerprint density at radius 2 is 1.83 bits per heavy atom. The van der Waals surface area contributed by atoms with Crippen LogP contribution in [-0.2, 0) is 16.1 Å². The predicted octanol–water partition coefficient (Wildman–Crippen LogP) is 4.83. The molecular formula is C24H31ClN2O3. The fourth-order valence-electron chi connectivity index (χ4n) is 2.95. The van der Waals surface area contributed by atoms with E-state index in [4.69, 9.17) is 16.3 Å². The molecule has 0 radical (unpaired) electrons. The lowest BCUT2D eigenvalue weighted by Crippen LogP contribution is -2.49. The molecule has 0 spiro atoms. The van der Waals surface area contributed by atoms with E-state index in [1.807, 2.05) is 62.4 Å². The van der Waals surface area contributed by atoms with Crippen LogP contribution in [0.5, 0.6) is 5.75 Å². The summed E-state index contributed by atoms with van der Waals surface area (Å²) in [6.07, 6.45) is 1.70. The van der Waals surface area contributed by atoms with Crippen molar-refractivity contribution in [3.05, 3.63) is 65.2 Å². The minimum absolute atomic E-state index is 0.0577. The van der Waals surface area contributed by atoms with Crippen molar-refractivity contribution in [1.82, 2.24) is 10.2 Å². The van der Waals surface area contributed by atoms with Crippen LogP contribution in [0.4, 0.5) is 0 Å². The number of ether oxygens (including phenoxy) is 1. The number of hydrogen-bond acceptors (Lipinski definition) is 3. The number of benzene rings is 2. The Bertz CT molecular complexity index is 813. The number of carbonyl (C=O) groups is 2. The summed E-state index contributed by atoms with van der Waals surface area (Å²) in [5.41, 5.74) is 0.888. The highest BCUT2D eigenvalue weighted by atomic mass is 35.5. The number of rotatable bonds is 11. The Morgan fingerprint density at radius 3 is 2.50 bits per heavy atom. The van der Waals surface area contributed by atoms with Gasteiger partial charge in [0.15, 0.2) is 0 Å². The van der Waals surface area contributed by atoms with Crippen LogP contribution in [0.3, 0.4) is 0 Å². The molecule has 0 bridgehead atoms. The molecule has 2 aromatic rings. The molecule has 5 nitrogen and oxygen atoms in total. The summed E-state index contributed by atoms with van der Waals surface area (Å²) in [6, 6.07) is 16.3. The first-order valence-corrected chi connectivity index (χ1v) is 10.8. The first kappa shape index (κ1) is 23.7. The fourth-order valence-corrected chi connectivity index (χ4v) is 3.17. The third kappa shape index (κ3) is 7.71. The van der Waals surface area contributed by atoms with Gasteiger partial charge < -0.3 is 15.0 Å². The lowest BCUT2D eigenvalue weighted by atomic mass is 10.1. The van der Waals surface area contributed by atoms with E-state index in [0.29, 0.717) is 31.0 Å². The van der Waals surface area contributed by atoms with E-state index in [-0.39, 0.29) is 17.9 Å². The van der Waals surface area contributed by atoms with E-state index >= 15 is 0 Å². The third-order valence-electron chi connectivity index (χ3n) is 4.96. The molecule has 0 aliphatic carbocycles. The summed E-state index contributed by atoms with van der Waals surface area (Å²) in [7, 11) is 0. The van der Waals surface area contributed by atoms with E-state index in [2.05, 4.69) is 5.32 Å². The third-order valence-corrected chi connectivity index (χ3v) is 5.19. The van der Waals surface area contributed by atoms with Gasteiger partial charge in [0.25, 0.3) is 0 Å². The molecule has 0 aliphatic rings. The molecule has 30 heavy (non-hydrogen) atoms. The Kier molecular flexibility index (Phi) is 9.68. The van der Waals surface area contributed by atoms with Gasteiger partial charge in [-0.05, 0) is 56.5 Å². The van der Waals surface area contributed by atoms with Gasteiger partial charge in [0.05, 0.1) is 6.61 Å². The highest BCUT2D eigenvalue weighted by Gasteiger charge is 2.26. The fraction of sp³-hybridized carbons (Fsp3) is 0.417. The normalized spacial score (nSPS) is 12.7. The first-order chi connectivity index (χ1) is 14.4. The van der Waals surface area contributed by atoms with Gasteiger partial charge in [-0.2, -0.15) is 0 Å². The highest BCUT2D eigenvalue weighted by Crippen LogP contribution is 2.16. The molecule has 2 amide bonds. The minimum Gasteiger partial charge on any atom is -0.494 e. The zero-order valence-corrected chi connectivity index (χ0v) is 18.7. The van der Waals surface area contributed by atoms with Gasteiger partial charge >= 0.3 is 0 Å². The minimum atomic E-state index is -0.583. The molecule has 2 rings (SSSR count). The lowest BCUT2D eigenvalue weighted by Gasteiger charge is -2.30.